The maximum atomic E-state index is 10.7. The molecule has 4 N–H and O–H groups in total. The van der Waals surface area contributed by atoms with Crippen molar-refractivity contribution in [2.24, 2.45) is 5.73 Å². The first kappa shape index (κ1) is 12.9. The first-order valence-electron chi connectivity index (χ1n) is 6.41. The van der Waals surface area contributed by atoms with Crippen LogP contribution in [0.5, 0.6) is 0 Å². The molecule has 0 saturated carbocycles. The molecule has 0 atom stereocenters. The summed E-state index contributed by atoms with van der Waals surface area (Å²) in [5.41, 5.74) is 7.52. The predicted octanol–water partition coefficient (Wildman–Crippen LogP) is 0.321. The van der Waals surface area contributed by atoms with E-state index in [0.29, 0.717) is 12.5 Å². The molecule has 2 amide bonds. The van der Waals surface area contributed by atoms with Gasteiger partial charge in [0.1, 0.15) is 5.82 Å². The number of rotatable bonds is 4. The van der Waals surface area contributed by atoms with E-state index < -0.39 is 6.03 Å². The molecule has 0 spiro atoms. The van der Waals surface area contributed by atoms with Gasteiger partial charge in [-0.1, -0.05) is 13.8 Å². The minimum atomic E-state index is -0.475. The molecule has 0 unspecified atom stereocenters. The van der Waals surface area contributed by atoms with E-state index in [2.05, 4.69) is 29.0 Å². The highest BCUT2D eigenvalue weighted by atomic mass is 16.2. The fourth-order valence-electron chi connectivity index (χ4n) is 2.37. The van der Waals surface area contributed by atoms with E-state index in [1.807, 2.05) is 0 Å². The van der Waals surface area contributed by atoms with Crippen LogP contribution in [0.2, 0.25) is 0 Å². The minimum absolute atomic E-state index is 0.379. The van der Waals surface area contributed by atoms with Gasteiger partial charge in [0.05, 0.1) is 5.69 Å². The third kappa shape index (κ3) is 2.64. The quantitative estimate of drug-likeness (QED) is 0.720. The van der Waals surface area contributed by atoms with Crippen molar-refractivity contribution in [2.75, 3.05) is 13.1 Å². The molecular formula is C12H21N5O. The second-order valence-corrected chi connectivity index (χ2v) is 4.89. The summed E-state index contributed by atoms with van der Waals surface area (Å²) < 4.78 is 2.23. The lowest BCUT2D eigenvalue weighted by Crippen LogP contribution is -2.33. The number of amides is 2. The molecule has 6 nitrogen and oxygen atoms in total. The number of hydrogen-bond donors (Lipinski definition) is 3. The van der Waals surface area contributed by atoms with Crippen molar-refractivity contribution in [1.29, 1.82) is 0 Å². The van der Waals surface area contributed by atoms with Crippen LogP contribution in [0.4, 0.5) is 4.79 Å². The fourth-order valence-corrected chi connectivity index (χ4v) is 2.37. The number of aromatic nitrogens is 2. The van der Waals surface area contributed by atoms with Gasteiger partial charge in [-0.15, -0.1) is 0 Å². The van der Waals surface area contributed by atoms with Gasteiger partial charge in [-0.25, -0.2) is 9.78 Å². The summed E-state index contributed by atoms with van der Waals surface area (Å²) in [5, 5.41) is 5.96. The summed E-state index contributed by atoms with van der Waals surface area (Å²) in [6, 6.07) is -0.475. The number of carbonyl (C=O) groups is 1. The standard InChI is InChI=1S/C12H21N5O/c1-8(2)11-16-9-7-14-4-3-10(9)17(11)6-5-15-12(13)18/h8,14H,3-7H2,1-2H3,(H3,13,15,18). The van der Waals surface area contributed by atoms with Gasteiger partial charge in [-0.2, -0.15) is 0 Å². The Bertz CT molecular complexity index is 438. The van der Waals surface area contributed by atoms with Crippen LogP contribution < -0.4 is 16.4 Å². The third-order valence-corrected chi connectivity index (χ3v) is 3.17. The number of nitrogens with one attached hydrogen (secondary N) is 2. The highest BCUT2D eigenvalue weighted by Gasteiger charge is 2.20. The molecule has 6 heteroatoms. The van der Waals surface area contributed by atoms with E-state index >= 15 is 0 Å². The SMILES string of the molecule is CC(C)c1nc2c(n1CCNC(N)=O)CCNC2. The Morgan fingerprint density at radius 3 is 3.06 bits per heavy atom. The van der Waals surface area contributed by atoms with E-state index in [0.717, 1.165) is 37.6 Å². The Morgan fingerprint density at radius 1 is 1.61 bits per heavy atom. The van der Waals surface area contributed by atoms with E-state index in [9.17, 15) is 4.79 Å². The van der Waals surface area contributed by atoms with E-state index in [4.69, 9.17) is 10.7 Å². The summed E-state index contributed by atoms with van der Waals surface area (Å²) >= 11 is 0. The largest absolute Gasteiger partial charge is 0.352 e. The number of urea groups is 1. The Labute approximate surface area is 107 Å². The predicted molar refractivity (Wildman–Crippen MR) is 69.3 cm³/mol. The monoisotopic (exact) mass is 251 g/mol. The van der Waals surface area contributed by atoms with Crippen molar-refractivity contribution in [3.63, 3.8) is 0 Å². The lowest BCUT2D eigenvalue weighted by Gasteiger charge is -2.17. The number of carbonyl (C=O) groups excluding carboxylic acids is 1. The summed E-state index contributed by atoms with van der Waals surface area (Å²) in [6.07, 6.45) is 0.992. The number of primary amides is 1. The maximum absolute atomic E-state index is 10.7. The van der Waals surface area contributed by atoms with Gasteiger partial charge in [-0.05, 0) is 0 Å². The minimum Gasteiger partial charge on any atom is -0.352 e. The van der Waals surface area contributed by atoms with Crippen molar-refractivity contribution in [2.45, 2.75) is 39.3 Å². The molecule has 0 radical (unpaired) electrons. The number of nitrogens with zero attached hydrogens (tertiary/aromatic N) is 2. The average Bonchev–Trinajstić information content (AvgIpc) is 2.68. The smallest absolute Gasteiger partial charge is 0.312 e. The molecule has 0 aliphatic carbocycles. The van der Waals surface area contributed by atoms with E-state index in [-0.39, 0.29) is 0 Å². The molecule has 2 rings (SSSR count). The average molecular weight is 251 g/mol. The van der Waals surface area contributed by atoms with Crippen LogP contribution in [0.3, 0.4) is 0 Å². The van der Waals surface area contributed by atoms with Gasteiger partial charge in [-0.3, -0.25) is 0 Å². The summed E-state index contributed by atoms with van der Waals surface area (Å²) in [7, 11) is 0. The number of nitrogens with two attached hydrogens (primary N) is 1. The van der Waals surface area contributed by atoms with Crippen LogP contribution in [-0.4, -0.2) is 28.7 Å². The molecule has 1 aromatic rings. The van der Waals surface area contributed by atoms with Crippen LogP contribution in [0, 0.1) is 0 Å². The Balaban J connectivity index is 2.19. The third-order valence-electron chi connectivity index (χ3n) is 3.17. The molecule has 1 aliphatic rings. The zero-order valence-electron chi connectivity index (χ0n) is 11.0. The molecule has 1 aliphatic heterocycles. The van der Waals surface area contributed by atoms with Gasteiger partial charge in [0.15, 0.2) is 0 Å². The van der Waals surface area contributed by atoms with Crippen molar-refractivity contribution in [3.05, 3.63) is 17.2 Å². The molecule has 100 valence electrons. The van der Waals surface area contributed by atoms with E-state index in [1.54, 1.807) is 0 Å². The number of hydrogen-bond acceptors (Lipinski definition) is 3. The normalized spacial score (nSPS) is 14.6. The topological polar surface area (TPSA) is 85.0 Å². The highest BCUT2D eigenvalue weighted by Crippen LogP contribution is 2.21. The summed E-state index contributed by atoms with van der Waals surface area (Å²) in [5.74, 6) is 1.47. The molecule has 18 heavy (non-hydrogen) atoms. The second-order valence-electron chi connectivity index (χ2n) is 4.89. The van der Waals surface area contributed by atoms with Crippen LogP contribution in [0.1, 0.15) is 37.0 Å². The zero-order chi connectivity index (χ0) is 13.1. The van der Waals surface area contributed by atoms with Crippen molar-refractivity contribution >= 4 is 6.03 Å². The van der Waals surface area contributed by atoms with Gasteiger partial charge in [0.2, 0.25) is 0 Å². The van der Waals surface area contributed by atoms with Crippen LogP contribution in [-0.2, 0) is 19.5 Å². The van der Waals surface area contributed by atoms with Crippen LogP contribution >= 0.6 is 0 Å². The van der Waals surface area contributed by atoms with Gasteiger partial charge >= 0.3 is 6.03 Å². The molecule has 0 saturated heterocycles. The van der Waals surface area contributed by atoms with Crippen molar-refractivity contribution < 1.29 is 4.79 Å². The zero-order valence-corrected chi connectivity index (χ0v) is 11.0. The highest BCUT2D eigenvalue weighted by molar-refractivity contribution is 5.71. The Hall–Kier alpha value is -1.56. The Kier molecular flexibility index (Phi) is 3.86. The van der Waals surface area contributed by atoms with Crippen LogP contribution in [0.15, 0.2) is 0 Å². The fraction of sp³-hybridized carbons (Fsp3) is 0.667. The molecule has 2 heterocycles. The number of fused-ring (bicyclic) bond motifs is 1. The summed E-state index contributed by atoms with van der Waals surface area (Å²) in [6.45, 7) is 7.38. The molecule has 0 fully saturated rings. The van der Waals surface area contributed by atoms with Gasteiger partial charge < -0.3 is 20.9 Å². The molecule has 0 bridgehead atoms. The lowest BCUT2D eigenvalue weighted by atomic mass is 10.2. The first-order valence-corrected chi connectivity index (χ1v) is 6.41. The second kappa shape index (κ2) is 5.39. The first-order chi connectivity index (χ1) is 8.59. The Morgan fingerprint density at radius 2 is 2.39 bits per heavy atom. The van der Waals surface area contributed by atoms with E-state index in [1.165, 1.54) is 5.69 Å². The van der Waals surface area contributed by atoms with Gasteiger partial charge in [0, 0.05) is 44.2 Å². The maximum Gasteiger partial charge on any atom is 0.312 e. The lowest BCUT2D eigenvalue weighted by molar-refractivity contribution is 0.248. The molecule has 0 aromatic carbocycles. The summed E-state index contributed by atoms with van der Waals surface area (Å²) in [4.78, 5) is 15.4. The molecular weight excluding hydrogens is 230 g/mol. The van der Waals surface area contributed by atoms with Crippen LogP contribution in [0.25, 0.3) is 0 Å². The number of imidazole rings is 1. The molecule has 1 aromatic heterocycles. The van der Waals surface area contributed by atoms with Crippen molar-refractivity contribution in [3.8, 4) is 0 Å². The van der Waals surface area contributed by atoms with Crippen molar-refractivity contribution in [1.82, 2.24) is 20.2 Å². The van der Waals surface area contributed by atoms with Gasteiger partial charge in [0.25, 0.3) is 0 Å².